The summed E-state index contributed by atoms with van der Waals surface area (Å²) in [5.41, 5.74) is 4.74. The summed E-state index contributed by atoms with van der Waals surface area (Å²) in [4.78, 5) is 23.5. The first kappa shape index (κ1) is 17.0. The summed E-state index contributed by atoms with van der Waals surface area (Å²) in [5.74, 6) is -0.424. The fourth-order valence-electron chi connectivity index (χ4n) is 4.35. The minimum absolute atomic E-state index is 0.0678. The van der Waals surface area contributed by atoms with Gasteiger partial charge < -0.3 is 5.73 Å². The molecule has 2 aliphatic carbocycles. The van der Waals surface area contributed by atoms with Crippen molar-refractivity contribution in [1.29, 1.82) is 0 Å². The maximum absolute atomic E-state index is 12.6. The van der Waals surface area contributed by atoms with E-state index in [1.807, 2.05) is 13.8 Å². The van der Waals surface area contributed by atoms with Gasteiger partial charge in [-0.05, 0) is 48.4 Å². The quantitative estimate of drug-likeness (QED) is 0.846. The van der Waals surface area contributed by atoms with Gasteiger partial charge in [-0.3, -0.25) is 14.3 Å². The average Bonchev–Trinajstić information content (AvgIpc) is 2.81. The number of benzene rings is 1. The molecule has 3 N–H and O–H groups in total. The molecule has 0 heterocycles. The van der Waals surface area contributed by atoms with Gasteiger partial charge in [-0.2, -0.15) is 0 Å². The molecule has 2 atom stereocenters. The molecule has 2 unspecified atom stereocenters. The van der Waals surface area contributed by atoms with Crippen LogP contribution in [-0.2, 0) is 14.8 Å². The molecule has 2 bridgehead atoms. The van der Waals surface area contributed by atoms with Gasteiger partial charge in [-0.25, -0.2) is 8.42 Å². The predicted molar refractivity (Wildman–Crippen MR) is 90.9 cm³/mol. The molecule has 130 valence electrons. The van der Waals surface area contributed by atoms with E-state index in [1.54, 1.807) is 0 Å². The molecule has 7 heteroatoms. The number of rotatable bonds is 5. The van der Waals surface area contributed by atoms with Crippen LogP contribution in [0.2, 0.25) is 0 Å². The van der Waals surface area contributed by atoms with Crippen LogP contribution in [-0.4, -0.2) is 25.9 Å². The van der Waals surface area contributed by atoms with Crippen molar-refractivity contribution < 1.29 is 18.0 Å². The molecule has 6 nitrogen and oxygen atoms in total. The van der Waals surface area contributed by atoms with E-state index in [9.17, 15) is 18.0 Å². The fourth-order valence-corrected chi connectivity index (χ4v) is 6.24. The van der Waals surface area contributed by atoms with E-state index in [-0.39, 0.29) is 22.9 Å². The maximum Gasteiger partial charge on any atom is 0.248 e. The fraction of sp³-hybridized carbons (Fsp3) is 0.529. The first-order valence-electron chi connectivity index (χ1n) is 8.01. The number of carbonyl (C=O) groups excluding carboxylic acids is 2. The predicted octanol–water partition coefficient (Wildman–Crippen LogP) is 1.92. The standard InChI is InChI=1S/C17H22N2O4S/c1-16(2)12-7-8-17(16,14(20)9-12)10-24(22,23)19-13-5-3-11(4-6-13)15(18)21/h3-6,12,19H,7-10H2,1-2H3,(H2,18,21). The van der Waals surface area contributed by atoms with Gasteiger partial charge in [0, 0.05) is 17.7 Å². The third kappa shape index (κ3) is 2.51. The average molecular weight is 350 g/mol. The van der Waals surface area contributed by atoms with Crippen molar-refractivity contribution >= 4 is 27.4 Å². The number of nitrogens with one attached hydrogen (secondary N) is 1. The first-order chi connectivity index (χ1) is 11.1. The number of fused-ring (bicyclic) bond motifs is 2. The van der Waals surface area contributed by atoms with Crippen LogP contribution in [0.3, 0.4) is 0 Å². The molecule has 0 aromatic heterocycles. The number of primary amides is 1. The number of anilines is 1. The van der Waals surface area contributed by atoms with Crippen molar-refractivity contribution in [1.82, 2.24) is 0 Å². The number of Topliss-reactive ketones (excluding diaryl/α,β-unsaturated/α-hetero) is 1. The van der Waals surface area contributed by atoms with Gasteiger partial charge >= 0.3 is 0 Å². The Balaban J connectivity index is 1.81. The second-order valence-electron chi connectivity index (χ2n) is 7.47. The van der Waals surface area contributed by atoms with Crippen LogP contribution in [0.1, 0.15) is 43.5 Å². The van der Waals surface area contributed by atoms with Crippen LogP contribution < -0.4 is 10.5 Å². The Hall–Kier alpha value is -1.89. The highest BCUT2D eigenvalue weighted by Crippen LogP contribution is 2.64. The zero-order valence-corrected chi connectivity index (χ0v) is 14.7. The lowest BCUT2D eigenvalue weighted by molar-refractivity contribution is -0.128. The smallest absolute Gasteiger partial charge is 0.248 e. The Kier molecular flexibility index (Phi) is 3.75. The molecule has 2 aliphatic rings. The second kappa shape index (κ2) is 5.31. The van der Waals surface area contributed by atoms with Gasteiger partial charge in [0.25, 0.3) is 0 Å². The van der Waals surface area contributed by atoms with Gasteiger partial charge in [0.2, 0.25) is 15.9 Å². The normalized spacial score (nSPS) is 28.1. The molecular formula is C17H22N2O4S. The lowest BCUT2D eigenvalue weighted by atomic mass is 9.70. The van der Waals surface area contributed by atoms with Crippen LogP contribution in [0, 0.1) is 16.7 Å². The van der Waals surface area contributed by atoms with E-state index >= 15 is 0 Å². The summed E-state index contributed by atoms with van der Waals surface area (Å²) in [6.45, 7) is 4.01. The van der Waals surface area contributed by atoms with E-state index in [0.717, 1.165) is 6.42 Å². The van der Waals surface area contributed by atoms with Crippen molar-refractivity contribution in [2.75, 3.05) is 10.5 Å². The van der Waals surface area contributed by atoms with E-state index < -0.39 is 21.3 Å². The molecule has 0 spiro atoms. The van der Waals surface area contributed by atoms with Crippen LogP contribution in [0.5, 0.6) is 0 Å². The Morgan fingerprint density at radius 2 is 1.92 bits per heavy atom. The van der Waals surface area contributed by atoms with Crippen LogP contribution >= 0.6 is 0 Å². The van der Waals surface area contributed by atoms with Gasteiger partial charge in [0.05, 0.1) is 11.2 Å². The van der Waals surface area contributed by atoms with E-state index in [0.29, 0.717) is 24.1 Å². The second-order valence-corrected chi connectivity index (χ2v) is 9.19. The zero-order chi connectivity index (χ0) is 17.8. The van der Waals surface area contributed by atoms with Crippen LogP contribution in [0.15, 0.2) is 24.3 Å². The van der Waals surface area contributed by atoms with Gasteiger partial charge in [0.1, 0.15) is 5.78 Å². The minimum Gasteiger partial charge on any atom is -0.366 e. The van der Waals surface area contributed by atoms with E-state index in [4.69, 9.17) is 5.73 Å². The van der Waals surface area contributed by atoms with Crippen molar-refractivity contribution in [3.63, 3.8) is 0 Å². The Bertz CT molecular complexity index is 798. The van der Waals surface area contributed by atoms with Crippen molar-refractivity contribution in [3.05, 3.63) is 29.8 Å². The molecule has 3 rings (SSSR count). The maximum atomic E-state index is 12.6. The molecule has 0 radical (unpaired) electrons. The Labute approximate surface area is 141 Å². The van der Waals surface area contributed by atoms with Crippen molar-refractivity contribution in [3.8, 4) is 0 Å². The molecule has 24 heavy (non-hydrogen) atoms. The minimum atomic E-state index is -3.69. The Morgan fingerprint density at radius 1 is 1.29 bits per heavy atom. The molecular weight excluding hydrogens is 328 g/mol. The molecule has 2 fully saturated rings. The molecule has 1 aromatic rings. The zero-order valence-electron chi connectivity index (χ0n) is 13.8. The van der Waals surface area contributed by atoms with Crippen LogP contribution in [0.4, 0.5) is 5.69 Å². The van der Waals surface area contributed by atoms with Crippen molar-refractivity contribution in [2.45, 2.75) is 33.1 Å². The lowest BCUT2D eigenvalue weighted by Gasteiger charge is -2.36. The summed E-state index contributed by atoms with van der Waals surface area (Å²) in [7, 11) is -3.69. The number of hydrogen-bond acceptors (Lipinski definition) is 4. The number of ketones is 1. The number of amides is 1. The molecule has 1 amide bonds. The number of hydrogen-bond donors (Lipinski definition) is 2. The van der Waals surface area contributed by atoms with Crippen molar-refractivity contribution in [2.24, 2.45) is 22.5 Å². The highest BCUT2D eigenvalue weighted by atomic mass is 32.2. The van der Waals surface area contributed by atoms with E-state index in [2.05, 4.69) is 4.72 Å². The third-order valence-corrected chi connectivity index (χ3v) is 7.44. The lowest BCUT2D eigenvalue weighted by Crippen LogP contribution is -2.43. The molecule has 2 saturated carbocycles. The topological polar surface area (TPSA) is 106 Å². The highest BCUT2D eigenvalue weighted by Gasteiger charge is 2.65. The largest absolute Gasteiger partial charge is 0.366 e. The van der Waals surface area contributed by atoms with Gasteiger partial charge in [0.15, 0.2) is 0 Å². The summed E-state index contributed by atoms with van der Waals surface area (Å²) >= 11 is 0. The molecule has 1 aromatic carbocycles. The summed E-state index contributed by atoms with van der Waals surface area (Å²) < 4.78 is 27.8. The summed E-state index contributed by atoms with van der Waals surface area (Å²) in [6, 6.07) is 5.92. The summed E-state index contributed by atoms with van der Waals surface area (Å²) in [6.07, 6.45) is 2.02. The molecule has 0 saturated heterocycles. The SMILES string of the molecule is CC1(C)C2CCC1(CS(=O)(=O)Nc1ccc(C(N)=O)cc1)C(=O)C2. The van der Waals surface area contributed by atoms with Gasteiger partial charge in [-0.15, -0.1) is 0 Å². The first-order valence-corrected chi connectivity index (χ1v) is 9.66. The Morgan fingerprint density at radius 3 is 2.38 bits per heavy atom. The summed E-state index contributed by atoms with van der Waals surface area (Å²) in [5, 5.41) is 0. The van der Waals surface area contributed by atoms with Gasteiger partial charge in [-0.1, -0.05) is 13.8 Å². The van der Waals surface area contributed by atoms with Crippen LogP contribution in [0.25, 0.3) is 0 Å². The van der Waals surface area contributed by atoms with E-state index in [1.165, 1.54) is 24.3 Å². The number of sulfonamides is 1. The third-order valence-electron chi connectivity index (χ3n) is 6.02. The number of nitrogens with two attached hydrogens (primary N) is 1. The monoisotopic (exact) mass is 350 g/mol. The molecule has 0 aliphatic heterocycles. The number of carbonyl (C=O) groups is 2. The highest BCUT2D eigenvalue weighted by molar-refractivity contribution is 7.92.